The van der Waals surface area contributed by atoms with Crippen LogP contribution in [-0.4, -0.2) is 22.9 Å². The van der Waals surface area contributed by atoms with Crippen LogP contribution in [0.1, 0.15) is 41.5 Å². The number of pyridine rings is 1. The lowest BCUT2D eigenvalue weighted by Crippen LogP contribution is -2.22. The number of nitrogens with zero attached hydrogens (tertiary/aromatic N) is 1. The molecule has 0 aliphatic rings. The molecule has 0 aliphatic carbocycles. The fourth-order valence-electron chi connectivity index (χ4n) is 2.41. The Labute approximate surface area is 126 Å². The summed E-state index contributed by atoms with van der Waals surface area (Å²) in [6.45, 7) is 5.19. The molecule has 0 saturated carbocycles. The van der Waals surface area contributed by atoms with Gasteiger partial charge in [0, 0.05) is 12.7 Å². The third kappa shape index (κ3) is 2.52. The molecule has 1 aromatic carbocycles. The van der Waals surface area contributed by atoms with Gasteiger partial charge in [0.2, 0.25) is 5.43 Å². The monoisotopic (exact) mass is 305 g/mol. The summed E-state index contributed by atoms with van der Waals surface area (Å²) in [5.41, 5.74) is -0.782. The number of carbonyl (C=O) groups excluding carboxylic acids is 2. The summed E-state index contributed by atoms with van der Waals surface area (Å²) in [5, 5.41) is -0.0834. The summed E-state index contributed by atoms with van der Waals surface area (Å²) in [5.74, 6) is -2.13. The molecule has 0 bridgehead atoms. The largest absolute Gasteiger partial charge is 0.462 e. The van der Waals surface area contributed by atoms with E-state index in [2.05, 4.69) is 0 Å². The van der Waals surface area contributed by atoms with Gasteiger partial charge in [-0.15, -0.1) is 0 Å². The highest BCUT2D eigenvalue weighted by Crippen LogP contribution is 2.21. The summed E-state index contributed by atoms with van der Waals surface area (Å²) in [4.78, 5) is 36.2. The minimum Gasteiger partial charge on any atom is -0.462 e. The second-order valence-corrected chi connectivity index (χ2v) is 4.75. The summed E-state index contributed by atoms with van der Waals surface area (Å²) < 4.78 is 20.5. The van der Waals surface area contributed by atoms with Gasteiger partial charge in [-0.25, -0.2) is 9.18 Å². The molecule has 1 aromatic heterocycles. The molecule has 0 radical (unpaired) electrons. The number of aromatic nitrogens is 1. The highest BCUT2D eigenvalue weighted by molar-refractivity contribution is 6.07. The number of benzene rings is 1. The lowest BCUT2D eigenvalue weighted by atomic mass is 10.0. The average Bonchev–Trinajstić information content (AvgIpc) is 2.47. The lowest BCUT2D eigenvalue weighted by molar-refractivity contribution is 0.0524. The second kappa shape index (κ2) is 6.09. The van der Waals surface area contributed by atoms with Crippen LogP contribution in [0, 0.1) is 5.82 Å². The van der Waals surface area contributed by atoms with Gasteiger partial charge in [0.15, 0.2) is 5.78 Å². The predicted octanol–water partition coefficient (Wildman–Crippen LogP) is 2.54. The Morgan fingerprint density at radius 3 is 2.50 bits per heavy atom. The third-order valence-corrected chi connectivity index (χ3v) is 3.39. The van der Waals surface area contributed by atoms with Crippen molar-refractivity contribution in [2.75, 3.05) is 6.61 Å². The molecule has 0 aliphatic heterocycles. The van der Waals surface area contributed by atoms with E-state index in [1.165, 1.54) is 19.2 Å². The summed E-state index contributed by atoms with van der Waals surface area (Å²) in [6, 6.07) is 2.58. The van der Waals surface area contributed by atoms with Gasteiger partial charge in [-0.3, -0.25) is 9.59 Å². The molecule has 0 N–H and O–H groups in total. The first-order chi connectivity index (χ1) is 10.4. The standard InChI is InChI=1S/C16H16FNO4/c1-4-18-8-10(16(21)22-5-2)15(20)14-12(18)7-6-11(17)13(14)9(3)19/h6-8H,4-5H2,1-3H3. The number of rotatable bonds is 4. The molecule has 6 heteroatoms. The van der Waals surface area contributed by atoms with E-state index in [-0.39, 0.29) is 23.1 Å². The van der Waals surface area contributed by atoms with Gasteiger partial charge >= 0.3 is 5.97 Å². The molecule has 0 atom stereocenters. The van der Waals surface area contributed by atoms with Gasteiger partial charge < -0.3 is 9.30 Å². The molecule has 5 nitrogen and oxygen atoms in total. The first-order valence-electron chi connectivity index (χ1n) is 6.96. The molecular weight excluding hydrogens is 289 g/mol. The predicted molar refractivity (Wildman–Crippen MR) is 79.8 cm³/mol. The topological polar surface area (TPSA) is 65.4 Å². The van der Waals surface area contributed by atoms with Gasteiger partial charge in [-0.05, 0) is 32.9 Å². The highest BCUT2D eigenvalue weighted by atomic mass is 19.1. The zero-order valence-electron chi connectivity index (χ0n) is 12.6. The number of hydrogen-bond donors (Lipinski definition) is 0. The number of carbonyl (C=O) groups is 2. The van der Waals surface area contributed by atoms with Crippen molar-refractivity contribution in [3.63, 3.8) is 0 Å². The lowest BCUT2D eigenvalue weighted by Gasteiger charge is -2.13. The highest BCUT2D eigenvalue weighted by Gasteiger charge is 2.21. The van der Waals surface area contributed by atoms with Crippen LogP contribution >= 0.6 is 0 Å². The Morgan fingerprint density at radius 2 is 1.95 bits per heavy atom. The van der Waals surface area contributed by atoms with Crippen molar-refractivity contribution < 1.29 is 18.7 Å². The van der Waals surface area contributed by atoms with Crippen molar-refractivity contribution >= 4 is 22.7 Å². The number of halogens is 1. The molecule has 22 heavy (non-hydrogen) atoms. The van der Waals surface area contributed by atoms with Crippen LogP contribution < -0.4 is 5.43 Å². The SMILES string of the molecule is CCOC(=O)c1cn(CC)c2ccc(F)c(C(C)=O)c2c1=O. The fraction of sp³-hybridized carbons (Fsp3) is 0.312. The maximum Gasteiger partial charge on any atom is 0.343 e. The Morgan fingerprint density at radius 1 is 1.27 bits per heavy atom. The van der Waals surface area contributed by atoms with Gasteiger partial charge in [-0.2, -0.15) is 0 Å². The van der Waals surface area contributed by atoms with Gasteiger partial charge in [0.25, 0.3) is 0 Å². The number of aryl methyl sites for hydroxylation is 1. The Bertz CT molecular complexity index is 823. The molecule has 0 fully saturated rings. The van der Waals surface area contributed by atoms with E-state index in [4.69, 9.17) is 4.74 Å². The fourth-order valence-corrected chi connectivity index (χ4v) is 2.41. The molecule has 0 unspecified atom stereocenters. The van der Waals surface area contributed by atoms with Crippen LogP contribution in [0.5, 0.6) is 0 Å². The second-order valence-electron chi connectivity index (χ2n) is 4.75. The van der Waals surface area contributed by atoms with Crippen molar-refractivity contribution in [3.05, 3.63) is 45.5 Å². The molecule has 2 rings (SSSR count). The van der Waals surface area contributed by atoms with Crippen molar-refractivity contribution in [2.24, 2.45) is 0 Å². The van der Waals surface area contributed by atoms with Gasteiger partial charge in [-0.1, -0.05) is 0 Å². The molecule has 0 saturated heterocycles. The number of Topliss-reactive ketones (excluding diaryl/α,β-unsaturated/α-hetero) is 1. The minimum atomic E-state index is -0.782. The molecule has 116 valence electrons. The van der Waals surface area contributed by atoms with Crippen LogP contribution in [0.2, 0.25) is 0 Å². The summed E-state index contributed by atoms with van der Waals surface area (Å²) in [7, 11) is 0. The molecular formula is C16H16FNO4. The number of ether oxygens (including phenoxy) is 1. The van der Waals surface area contributed by atoms with Crippen molar-refractivity contribution in [2.45, 2.75) is 27.3 Å². The minimum absolute atomic E-state index is 0.0834. The Balaban J connectivity index is 2.96. The zero-order chi connectivity index (χ0) is 16.4. The average molecular weight is 305 g/mol. The third-order valence-electron chi connectivity index (χ3n) is 3.39. The maximum absolute atomic E-state index is 14.0. The van der Waals surface area contributed by atoms with E-state index in [1.807, 2.05) is 6.92 Å². The van der Waals surface area contributed by atoms with E-state index < -0.39 is 23.0 Å². The van der Waals surface area contributed by atoms with Crippen LogP contribution in [0.25, 0.3) is 10.9 Å². The number of fused-ring (bicyclic) bond motifs is 1. The van der Waals surface area contributed by atoms with Crippen LogP contribution in [0.4, 0.5) is 4.39 Å². The molecule has 1 heterocycles. The van der Waals surface area contributed by atoms with E-state index in [1.54, 1.807) is 11.5 Å². The molecule has 0 amide bonds. The Kier molecular flexibility index (Phi) is 4.40. The first kappa shape index (κ1) is 15.9. The number of hydrogen-bond acceptors (Lipinski definition) is 4. The smallest absolute Gasteiger partial charge is 0.343 e. The maximum atomic E-state index is 14.0. The van der Waals surface area contributed by atoms with Crippen molar-refractivity contribution in [1.29, 1.82) is 0 Å². The van der Waals surface area contributed by atoms with E-state index in [0.717, 1.165) is 6.07 Å². The summed E-state index contributed by atoms with van der Waals surface area (Å²) in [6.07, 6.45) is 1.38. The number of ketones is 1. The normalized spacial score (nSPS) is 10.7. The van der Waals surface area contributed by atoms with Crippen LogP contribution in [-0.2, 0) is 11.3 Å². The van der Waals surface area contributed by atoms with Crippen LogP contribution in [0.15, 0.2) is 23.1 Å². The summed E-state index contributed by atoms with van der Waals surface area (Å²) >= 11 is 0. The Hall–Kier alpha value is -2.50. The van der Waals surface area contributed by atoms with E-state index in [9.17, 15) is 18.8 Å². The first-order valence-corrected chi connectivity index (χ1v) is 6.96. The van der Waals surface area contributed by atoms with Gasteiger partial charge in [0.1, 0.15) is 11.4 Å². The quantitative estimate of drug-likeness (QED) is 0.643. The van der Waals surface area contributed by atoms with E-state index in [0.29, 0.717) is 12.1 Å². The van der Waals surface area contributed by atoms with E-state index >= 15 is 0 Å². The van der Waals surface area contributed by atoms with Crippen molar-refractivity contribution in [3.8, 4) is 0 Å². The van der Waals surface area contributed by atoms with Crippen LogP contribution in [0.3, 0.4) is 0 Å². The molecule has 2 aromatic rings. The zero-order valence-corrected chi connectivity index (χ0v) is 12.6. The molecule has 0 spiro atoms. The van der Waals surface area contributed by atoms with Gasteiger partial charge in [0.05, 0.1) is 23.1 Å². The number of esters is 1. The van der Waals surface area contributed by atoms with Crippen molar-refractivity contribution in [1.82, 2.24) is 4.57 Å².